The zero-order valence-corrected chi connectivity index (χ0v) is 16.6. The summed E-state index contributed by atoms with van der Waals surface area (Å²) < 4.78 is 39.9. The Balaban J connectivity index is 1.41. The first-order valence-corrected chi connectivity index (χ1v) is 10.7. The van der Waals surface area contributed by atoms with Crippen molar-refractivity contribution in [1.82, 2.24) is 5.32 Å². The van der Waals surface area contributed by atoms with Gasteiger partial charge in [-0.3, -0.25) is 19.7 Å². The molecule has 10 heteroatoms. The van der Waals surface area contributed by atoms with Gasteiger partial charge in [0.15, 0.2) is 27.9 Å². The molecule has 2 aromatic carbocycles. The third-order valence-electron chi connectivity index (χ3n) is 4.11. The van der Waals surface area contributed by atoms with Gasteiger partial charge in [-0.25, -0.2) is 8.42 Å². The highest BCUT2D eigenvalue weighted by atomic mass is 32.2. The summed E-state index contributed by atoms with van der Waals surface area (Å²) in [4.78, 5) is 35.8. The van der Waals surface area contributed by atoms with Crippen molar-refractivity contribution >= 4 is 27.6 Å². The second-order valence-electron chi connectivity index (χ2n) is 6.32. The van der Waals surface area contributed by atoms with E-state index in [0.717, 1.165) is 0 Å². The van der Waals surface area contributed by atoms with E-state index in [1.54, 1.807) is 42.5 Å². The Hall–Kier alpha value is -3.40. The van der Waals surface area contributed by atoms with E-state index in [0.29, 0.717) is 11.5 Å². The highest BCUT2D eigenvalue weighted by Gasteiger charge is 2.28. The van der Waals surface area contributed by atoms with Crippen molar-refractivity contribution in [2.24, 2.45) is 0 Å². The van der Waals surface area contributed by atoms with Gasteiger partial charge in [-0.1, -0.05) is 30.3 Å². The van der Waals surface area contributed by atoms with Crippen molar-refractivity contribution in [2.75, 3.05) is 19.0 Å². The minimum Gasteiger partial charge on any atom is -0.485 e. The van der Waals surface area contributed by atoms with Gasteiger partial charge < -0.3 is 14.2 Å². The average Bonchev–Trinajstić information content (AvgIpc) is 2.76. The van der Waals surface area contributed by atoms with Crippen LogP contribution in [-0.2, 0) is 29.0 Å². The van der Waals surface area contributed by atoms with Gasteiger partial charge in [0.05, 0.1) is 17.1 Å². The lowest BCUT2D eigenvalue weighted by Gasteiger charge is -2.25. The number of para-hydroxylation sites is 2. The lowest BCUT2D eigenvalue weighted by Crippen LogP contribution is -2.47. The minimum absolute atomic E-state index is 0.0761. The molecule has 1 atom stereocenters. The summed E-state index contributed by atoms with van der Waals surface area (Å²) in [6.07, 6.45) is -1.45. The predicted molar refractivity (Wildman–Crippen MR) is 104 cm³/mol. The van der Waals surface area contributed by atoms with Crippen molar-refractivity contribution in [2.45, 2.75) is 17.4 Å². The molecule has 0 unspecified atom stereocenters. The standard InChI is InChI=1S/C20H19NO8S/c22-18(21-20(24)17-12-27-15-8-4-5-9-16(15)29-17)13-28-19(23)10-11-30(25,26)14-6-2-1-3-7-14/h1-9,17H,10-13H2,(H,21,22,24)/t17-/m1/s1. The third kappa shape index (κ3) is 5.57. The first-order chi connectivity index (χ1) is 14.3. The molecule has 158 valence electrons. The van der Waals surface area contributed by atoms with E-state index in [2.05, 4.69) is 5.32 Å². The zero-order chi connectivity index (χ0) is 21.6. The molecular weight excluding hydrogens is 414 g/mol. The van der Waals surface area contributed by atoms with Gasteiger partial charge in [0.2, 0.25) is 6.10 Å². The largest absolute Gasteiger partial charge is 0.485 e. The highest BCUT2D eigenvalue weighted by Crippen LogP contribution is 2.30. The quantitative estimate of drug-likeness (QED) is 0.638. The fraction of sp³-hybridized carbons (Fsp3) is 0.250. The molecule has 30 heavy (non-hydrogen) atoms. The zero-order valence-electron chi connectivity index (χ0n) is 15.8. The molecule has 3 rings (SSSR count). The van der Waals surface area contributed by atoms with Gasteiger partial charge >= 0.3 is 5.97 Å². The van der Waals surface area contributed by atoms with Crippen LogP contribution >= 0.6 is 0 Å². The molecule has 0 fully saturated rings. The smallest absolute Gasteiger partial charge is 0.307 e. The molecule has 0 aromatic heterocycles. The van der Waals surface area contributed by atoms with Crippen molar-refractivity contribution < 1.29 is 37.0 Å². The maximum atomic E-state index is 12.1. The van der Waals surface area contributed by atoms with Gasteiger partial charge in [0, 0.05) is 0 Å². The molecule has 2 aromatic rings. The van der Waals surface area contributed by atoms with E-state index in [-0.39, 0.29) is 11.5 Å². The number of fused-ring (bicyclic) bond motifs is 1. The van der Waals surface area contributed by atoms with Crippen LogP contribution in [0.25, 0.3) is 0 Å². The van der Waals surface area contributed by atoms with Gasteiger partial charge in [0.1, 0.15) is 6.61 Å². The van der Waals surface area contributed by atoms with Crippen LogP contribution in [0.15, 0.2) is 59.5 Å². The number of benzene rings is 2. The number of imide groups is 1. The molecule has 1 aliphatic heterocycles. The van der Waals surface area contributed by atoms with Crippen molar-refractivity contribution in [3.63, 3.8) is 0 Å². The molecule has 0 aliphatic carbocycles. The van der Waals surface area contributed by atoms with E-state index in [9.17, 15) is 22.8 Å². The van der Waals surface area contributed by atoms with Crippen LogP contribution in [0.4, 0.5) is 0 Å². The summed E-state index contributed by atoms with van der Waals surface area (Å²) in [6.45, 7) is -0.798. The number of hydrogen-bond acceptors (Lipinski definition) is 8. The molecule has 0 radical (unpaired) electrons. The van der Waals surface area contributed by atoms with Gasteiger partial charge in [-0.15, -0.1) is 0 Å². The van der Waals surface area contributed by atoms with Crippen molar-refractivity contribution in [1.29, 1.82) is 0 Å². The summed E-state index contributed by atoms with van der Waals surface area (Å²) in [7, 11) is -3.64. The molecule has 0 spiro atoms. The Bertz CT molecular complexity index is 1040. The number of nitrogens with one attached hydrogen (secondary N) is 1. The Morgan fingerprint density at radius 1 is 1.00 bits per heavy atom. The van der Waals surface area contributed by atoms with Crippen molar-refractivity contribution in [3.8, 4) is 11.5 Å². The number of carbonyl (C=O) groups is 3. The van der Waals surface area contributed by atoms with E-state index in [4.69, 9.17) is 14.2 Å². The summed E-state index contributed by atoms with van der Waals surface area (Å²) in [5, 5.41) is 2.06. The van der Waals surface area contributed by atoms with E-state index >= 15 is 0 Å². The van der Waals surface area contributed by atoms with Crippen molar-refractivity contribution in [3.05, 3.63) is 54.6 Å². The van der Waals surface area contributed by atoms with Crippen LogP contribution in [0, 0.1) is 0 Å². The maximum absolute atomic E-state index is 12.1. The van der Waals surface area contributed by atoms with Gasteiger partial charge in [-0.2, -0.15) is 0 Å². The van der Waals surface area contributed by atoms with Crippen LogP contribution in [0.1, 0.15) is 6.42 Å². The van der Waals surface area contributed by atoms with E-state index in [1.807, 2.05) is 0 Å². The Morgan fingerprint density at radius 3 is 2.40 bits per heavy atom. The van der Waals surface area contributed by atoms with Crippen LogP contribution in [0.2, 0.25) is 0 Å². The first-order valence-electron chi connectivity index (χ1n) is 9.01. The van der Waals surface area contributed by atoms with E-state index in [1.165, 1.54) is 12.1 Å². The van der Waals surface area contributed by atoms with Crippen LogP contribution in [0.5, 0.6) is 11.5 Å². The molecule has 2 amide bonds. The molecular formula is C20H19NO8S. The Morgan fingerprint density at radius 2 is 1.67 bits per heavy atom. The molecule has 1 aliphatic rings. The molecule has 9 nitrogen and oxygen atoms in total. The lowest BCUT2D eigenvalue weighted by molar-refractivity contribution is -0.150. The first kappa shape index (κ1) is 21.3. The SMILES string of the molecule is O=C(COC(=O)CCS(=O)(=O)c1ccccc1)NC(=O)[C@H]1COc2ccccc2O1. The normalized spacial score (nSPS) is 15.1. The van der Waals surface area contributed by atoms with Crippen LogP contribution < -0.4 is 14.8 Å². The Labute approximate surface area is 172 Å². The van der Waals surface area contributed by atoms with Gasteiger partial charge in [0.25, 0.3) is 11.8 Å². The average molecular weight is 433 g/mol. The molecule has 1 N–H and O–H groups in total. The summed E-state index contributed by atoms with van der Waals surface area (Å²) in [5.74, 6) is -2.06. The lowest BCUT2D eigenvalue weighted by atomic mass is 10.2. The second-order valence-corrected chi connectivity index (χ2v) is 8.43. The number of esters is 1. The molecule has 0 bridgehead atoms. The number of rotatable bonds is 7. The number of carbonyl (C=O) groups excluding carboxylic acids is 3. The number of ether oxygens (including phenoxy) is 3. The number of sulfone groups is 1. The number of hydrogen-bond donors (Lipinski definition) is 1. The van der Waals surface area contributed by atoms with Crippen LogP contribution in [0.3, 0.4) is 0 Å². The third-order valence-corrected chi connectivity index (χ3v) is 5.84. The molecule has 0 saturated carbocycles. The number of amides is 2. The summed E-state index contributed by atoms with van der Waals surface area (Å²) in [6, 6.07) is 14.5. The fourth-order valence-electron chi connectivity index (χ4n) is 2.58. The molecule has 0 saturated heterocycles. The predicted octanol–water partition coefficient (Wildman–Crippen LogP) is 0.876. The maximum Gasteiger partial charge on any atom is 0.307 e. The summed E-state index contributed by atoms with van der Waals surface area (Å²) >= 11 is 0. The summed E-state index contributed by atoms with van der Waals surface area (Å²) in [5.41, 5.74) is 0. The topological polar surface area (TPSA) is 125 Å². The minimum atomic E-state index is -3.64. The van der Waals surface area contributed by atoms with Gasteiger partial charge in [-0.05, 0) is 24.3 Å². The second kappa shape index (κ2) is 9.40. The Kier molecular flexibility index (Phi) is 6.68. The monoisotopic (exact) mass is 433 g/mol. The fourth-order valence-corrected chi connectivity index (χ4v) is 3.83. The highest BCUT2D eigenvalue weighted by molar-refractivity contribution is 7.91. The van der Waals surface area contributed by atoms with Crippen LogP contribution in [-0.4, -0.2) is 51.3 Å². The molecule has 1 heterocycles. The van der Waals surface area contributed by atoms with E-state index < -0.39 is 52.5 Å².